The maximum absolute atomic E-state index is 12.1. The Kier molecular flexibility index (Phi) is 5.04. The minimum absolute atomic E-state index is 0.0211. The topological polar surface area (TPSA) is 40.5 Å². The Morgan fingerprint density at radius 3 is 2.94 bits per heavy atom. The highest BCUT2D eigenvalue weighted by atomic mass is 35.5. The summed E-state index contributed by atoms with van der Waals surface area (Å²) < 4.78 is 1.01. The fourth-order valence-electron chi connectivity index (χ4n) is 2.29. The number of Topliss-reactive ketones (excluding diaryl/α,β-unsaturated/α-hetero) is 1. The molecule has 1 aromatic heterocycles. The van der Waals surface area contributed by atoms with Crippen molar-refractivity contribution in [3.05, 3.63) is 20.3 Å². The maximum Gasteiger partial charge on any atom is 0.179 e. The molecule has 100 valence electrons. The summed E-state index contributed by atoms with van der Waals surface area (Å²) in [6, 6.07) is 1.64. The molecule has 0 saturated carbocycles. The first-order valence-corrected chi connectivity index (χ1v) is 7.48. The molecule has 3 nitrogen and oxygen atoms in total. The number of thiophene rings is 1. The van der Waals surface area contributed by atoms with E-state index in [1.165, 1.54) is 11.3 Å². The second-order valence-corrected chi connectivity index (χ2v) is 6.85. The molecule has 0 aliphatic carbocycles. The number of carbonyl (C=O) groups excluding carboxylic acids is 1. The number of nitrogens with zero attached hydrogens (tertiary/aromatic N) is 1. The average molecular weight is 308 g/mol. The Bertz CT molecular complexity index is 436. The van der Waals surface area contributed by atoms with Gasteiger partial charge in [0, 0.05) is 13.2 Å². The van der Waals surface area contributed by atoms with Gasteiger partial charge in [-0.3, -0.25) is 9.69 Å². The first-order valence-electron chi connectivity index (χ1n) is 5.91. The SMILES string of the molecule is O=C(CN1CCC(CCO)C1)c1cc(Cl)sc1Cl. The summed E-state index contributed by atoms with van der Waals surface area (Å²) in [5, 5.41) is 8.90. The van der Waals surface area contributed by atoms with E-state index in [1.54, 1.807) is 6.07 Å². The van der Waals surface area contributed by atoms with E-state index in [-0.39, 0.29) is 12.4 Å². The Hall–Kier alpha value is -0.130. The van der Waals surface area contributed by atoms with Crippen LogP contribution >= 0.6 is 34.5 Å². The van der Waals surface area contributed by atoms with Crippen LogP contribution in [0, 0.1) is 5.92 Å². The van der Waals surface area contributed by atoms with Gasteiger partial charge in [-0.15, -0.1) is 11.3 Å². The fourth-order valence-corrected chi connectivity index (χ4v) is 3.79. The Labute approximate surface area is 120 Å². The molecule has 0 spiro atoms. The maximum atomic E-state index is 12.1. The quantitative estimate of drug-likeness (QED) is 0.850. The van der Waals surface area contributed by atoms with E-state index < -0.39 is 0 Å². The van der Waals surface area contributed by atoms with E-state index in [0.29, 0.717) is 26.7 Å². The van der Waals surface area contributed by atoms with Crippen molar-refractivity contribution in [3.8, 4) is 0 Å². The van der Waals surface area contributed by atoms with Gasteiger partial charge in [-0.05, 0) is 31.4 Å². The zero-order valence-corrected chi connectivity index (χ0v) is 12.2. The lowest BCUT2D eigenvalue weighted by molar-refractivity contribution is 0.0943. The second-order valence-electron chi connectivity index (χ2n) is 4.56. The molecule has 0 bridgehead atoms. The third-order valence-corrected chi connectivity index (χ3v) is 4.72. The van der Waals surface area contributed by atoms with Gasteiger partial charge in [0.2, 0.25) is 0 Å². The number of likely N-dealkylation sites (tertiary alicyclic amines) is 1. The minimum atomic E-state index is 0.0211. The summed E-state index contributed by atoms with van der Waals surface area (Å²) in [7, 11) is 0. The number of carbonyl (C=O) groups is 1. The van der Waals surface area contributed by atoms with E-state index in [0.717, 1.165) is 25.9 Å². The van der Waals surface area contributed by atoms with Crippen molar-refractivity contribution < 1.29 is 9.90 Å². The third-order valence-electron chi connectivity index (χ3n) is 3.23. The van der Waals surface area contributed by atoms with Crippen LogP contribution in [-0.2, 0) is 0 Å². The molecule has 2 rings (SSSR count). The van der Waals surface area contributed by atoms with Crippen LogP contribution in [0.2, 0.25) is 8.67 Å². The lowest BCUT2D eigenvalue weighted by atomic mass is 10.1. The molecule has 18 heavy (non-hydrogen) atoms. The summed E-state index contributed by atoms with van der Waals surface area (Å²) in [5.74, 6) is 0.525. The van der Waals surface area contributed by atoms with Gasteiger partial charge < -0.3 is 5.11 Å². The van der Waals surface area contributed by atoms with Gasteiger partial charge in [-0.25, -0.2) is 0 Å². The van der Waals surface area contributed by atoms with Crippen molar-refractivity contribution >= 4 is 40.3 Å². The summed E-state index contributed by atoms with van der Waals surface area (Å²) in [4.78, 5) is 14.2. The van der Waals surface area contributed by atoms with Crippen LogP contribution in [0.4, 0.5) is 0 Å². The molecule has 1 atom stereocenters. The Balaban J connectivity index is 1.91. The highest BCUT2D eigenvalue weighted by molar-refractivity contribution is 7.20. The predicted octanol–water partition coefficient (Wildman–Crippen LogP) is 2.94. The first kappa shape index (κ1) is 14.3. The third kappa shape index (κ3) is 3.45. The minimum Gasteiger partial charge on any atom is -0.396 e. The molecule has 0 amide bonds. The van der Waals surface area contributed by atoms with Crippen LogP contribution < -0.4 is 0 Å². The van der Waals surface area contributed by atoms with E-state index >= 15 is 0 Å². The molecule has 1 saturated heterocycles. The zero-order chi connectivity index (χ0) is 13.1. The monoisotopic (exact) mass is 307 g/mol. The number of halogens is 2. The molecular weight excluding hydrogens is 293 g/mol. The summed E-state index contributed by atoms with van der Waals surface area (Å²) >= 11 is 13.0. The second kappa shape index (κ2) is 6.35. The van der Waals surface area contributed by atoms with Crippen LogP contribution in [0.25, 0.3) is 0 Å². The highest BCUT2D eigenvalue weighted by Gasteiger charge is 2.25. The van der Waals surface area contributed by atoms with Crippen molar-refractivity contribution in [1.29, 1.82) is 0 Å². The van der Waals surface area contributed by atoms with Crippen molar-refractivity contribution in [3.63, 3.8) is 0 Å². The van der Waals surface area contributed by atoms with Gasteiger partial charge in [0.25, 0.3) is 0 Å². The average Bonchev–Trinajstić information content (AvgIpc) is 2.86. The molecule has 1 N–H and O–H groups in total. The number of aliphatic hydroxyl groups is 1. The largest absolute Gasteiger partial charge is 0.396 e. The van der Waals surface area contributed by atoms with Crippen LogP contribution in [0.3, 0.4) is 0 Å². The van der Waals surface area contributed by atoms with Gasteiger partial charge in [0.05, 0.1) is 16.4 Å². The van der Waals surface area contributed by atoms with Crippen molar-refractivity contribution in [2.75, 3.05) is 26.2 Å². The molecule has 2 heterocycles. The number of aliphatic hydroxyl groups excluding tert-OH is 1. The van der Waals surface area contributed by atoms with Gasteiger partial charge in [-0.1, -0.05) is 23.2 Å². The highest BCUT2D eigenvalue weighted by Crippen LogP contribution is 2.31. The van der Waals surface area contributed by atoms with Crippen LogP contribution in [0.1, 0.15) is 23.2 Å². The molecule has 1 aliphatic rings. The van der Waals surface area contributed by atoms with E-state index in [4.69, 9.17) is 28.3 Å². The van der Waals surface area contributed by atoms with Crippen LogP contribution in [-0.4, -0.2) is 42.0 Å². The Morgan fingerprint density at radius 1 is 1.56 bits per heavy atom. The van der Waals surface area contributed by atoms with Crippen LogP contribution in [0.15, 0.2) is 6.07 Å². The number of ketones is 1. The van der Waals surface area contributed by atoms with E-state index in [1.807, 2.05) is 0 Å². The standard InChI is InChI=1S/C12H15Cl2NO2S/c13-11-5-9(12(14)18-11)10(17)7-15-3-1-8(6-15)2-4-16/h5,8,16H,1-4,6-7H2. The van der Waals surface area contributed by atoms with Crippen molar-refractivity contribution in [1.82, 2.24) is 4.90 Å². The molecule has 6 heteroatoms. The van der Waals surface area contributed by atoms with E-state index in [9.17, 15) is 4.79 Å². The molecule has 1 fully saturated rings. The zero-order valence-electron chi connectivity index (χ0n) is 9.86. The van der Waals surface area contributed by atoms with Gasteiger partial charge >= 0.3 is 0 Å². The number of rotatable bonds is 5. The molecule has 1 aliphatic heterocycles. The molecular formula is C12H15Cl2NO2S. The summed E-state index contributed by atoms with van der Waals surface area (Å²) in [5.41, 5.74) is 0.525. The number of hydrogen-bond donors (Lipinski definition) is 1. The molecule has 0 aromatic carbocycles. The van der Waals surface area contributed by atoms with Gasteiger partial charge in [-0.2, -0.15) is 0 Å². The van der Waals surface area contributed by atoms with E-state index in [2.05, 4.69) is 4.90 Å². The van der Waals surface area contributed by atoms with Gasteiger partial charge in [0.1, 0.15) is 4.34 Å². The normalized spacial score (nSPS) is 20.5. The first-order chi connectivity index (χ1) is 8.60. The molecule has 0 radical (unpaired) electrons. The fraction of sp³-hybridized carbons (Fsp3) is 0.583. The summed E-state index contributed by atoms with van der Waals surface area (Å²) in [6.07, 6.45) is 1.86. The van der Waals surface area contributed by atoms with Crippen molar-refractivity contribution in [2.45, 2.75) is 12.8 Å². The smallest absolute Gasteiger partial charge is 0.179 e. The van der Waals surface area contributed by atoms with Gasteiger partial charge in [0.15, 0.2) is 5.78 Å². The lowest BCUT2D eigenvalue weighted by Crippen LogP contribution is -2.27. The predicted molar refractivity (Wildman–Crippen MR) is 74.9 cm³/mol. The lowest BCUT2D eigenvalue weighted by Gasteiger charge is -2.14. The summed E-state index contributed by atoms with van der Waals surface area (Å²) in [6.45, 7) is 2.39. The molecule has 1 unspecified atom stereocenters. The Morgan fingerprint density at radius 2 is 2.33 bits per heavy atom. The molecule has 1 aromatic rings. The van der Waals surface area contributed by atoms with Crippen molar-refractivity contribution in [2.24, 2.45) is 5.92 Å². The van der Waals surface area contributed by atoms with Crippen LogP contribution in [0.5, 0.6) is 0 Å². The number of hydrogen-bond acceptors (Lipinski definition) is 4.